The van der Waals surface area contributed by atoms with E-state index in [1.807, 2.05) is 30.3 Å². The van der Waals surface area contributed by atoms with Crippen molar-refractivity contribution in [1.82, 2.24) is 5.32 Å². The Balaban J connectivity index is 2.05. The number of hydrogen-bond donors (Lipinski definition) is 1. The lowest BCUT2D eigenvalue weighted by Gasteiger charge is -2.19. The summed E-state index contributed by atoms with van der Waals surface area (Å²) in [6.45, 7) is 2.01. The molecule has 2 nitrogen and oxygen atoms in total. The van der Waals surface area contributed by atoms with E-state index >= 15 is 0 Å². The van der Waals surface area contributed by atoms with E-state index in [1.54, 1.807) is 14.0 Å². The molecule has 0 aromatic heterocycles. The van der Waals surface area contributed by atoms with E-state index in [4.69, 9.17) is 4.74 Å². The van der Waals surface area contributed by atoms with E-state index in [0.717, 1.165) is 5.75 Å². The van der Waals surface area contributed by atoms with Crippen molar-refractivity contribution in [3.63, 3.8) is 0 Å². The monoisotopic (exact) mass is 291 g/mol. The van der Waals surface area contributed by atoms with Gasteiger partial charge in [0.25, 0.3) is 0 Å². The van der Waals surface area contributed by atoms with E-state index in [1.165, 1.54) is 12.1 Å². The first-order valence-corrected chi connectivity index (χ1v) is 6.93. The van der Waals surface area contributed by atoms with Gasteiger partial charge in [0.05, 0.1) is 6.61 Å². The normalized spacial score (nSPS) is 12.2. The molecule has 21 heavy (non-hydrogen) atoms. The van der Waals surface area contributed by atoms with Gasteiger partial charge in [-0.1, -0.05) is 24.3 Å². The highest BCUT2D eigenvalue weighted by molar-refractivity contribution is 5.29. The number of aryl methyl sites for hydroxylation is 1. The molecule has 0 aliphatic heterocycles. The van der Waals surface area contributed by atoms with E-state index in [2.05, 4.69) is 5.32 Å². The minimum atomic E-state index is -0.530. The lowest BCUT2D eigenvalue weighted by Crippen LogP contribution is -2.22. The number of nitrogens with one attached hydrogen (secondary N) is 1. The van der Waals surface area contributed by atoms with Crippen LogP contribution >= 0.6 is 0 Å². The Hall–Kier alpha value is -1.94. The zero-order chi connectivity index (χ0) is 15.2. The van der Waals surface area contributed by atoms with E-state index in [0.29, 0.717) is 18.6 Å². The van der Waals surface area contributed by atoms with E-state index in [-0.39, 0.29) is 5.56 Å². The fraction of sp³-hybridized carbons (Fsp3) is 0.294. The quantitative estimate of drug-likeness (QED) is 0.868. The second-order valence-electron chi connectivity index (χ2n) is 4.88. The fourth-order valence-corrected chi connectivity index (χ4v) is 2.24. The molecule has 112 valence electrons. The topological polar surface area (TPSA) is 21.3 Å². The van der Waals surface area contributed by atoms with Crippen LogP contribution in [0.1, 0.15) is 23.6 Å². The average Bonchev–Trinajstić information content (AvgIpc) is 2.50. The molecule has 0 bridgehead atoms. The SMILES string of the molecule is CNC(CCOc1ccccc1)c1c(F)ccc(C)c1F. The highest BCUT2D eigenvalue weighted by atomic mass is 19.1. The first kappa shape index (κ1) is 15.4. The molecule has 0 spiro atoms. The molecule has 1 unspecified atom stereocenters. The Morgan fingerprint density at radius 2 is 1.81 bits per heavy atom. The first-order chi connectivity index (χ1) is 10.1. The summed E-state index contributed by atoms with van der Waals surface area (Å²) in [4.78, 5) is 0. The van der Waals surface area contributed by atoms with Crippen LogP contribution in [0.25, 0.3) is 0 Å². The Kier molecular flexibility index (Phi) is 5.28. The summed E-state index contributed by atoms with van der Waals surface area (Å²) in [5.74, 6) is -0.274. The number of ether oxygens (including phenoxy) is 1. The number of hydrogen-bond acceptors (Lipinski definition) is 2. The molecule has 0 aliphatic carbocycles. The second kappa shape index (κ2) is 7.18. The van der Waals surface area contributed by atoms with Crippen LogP contribution in [0.5, 0.6) is 5.75 Å². The Morgan fingerprint density at radius 1 is 1.10 bits per heavy atom. The Bertz CT molecular complexity index is 587. The highest BCUT2D eigenvalue weighted by Crippen LogP contribution is 2.25. The Morgan fingerprint density at radius 3 is 2.48 bits per heavy atom. The molecule has 2 rings (SSSR count). The maximum atomic E-state index is 14.1. The van der Waals surface area contributed by atoms with Gasteiger partial charge in [-0.3, -0.25) is 0 Å². The van der Waals surface area contributed by atoms with Crippen LogP contribution in [-0.4, -0.2) is 13.7 Å². The van der Waals surface area contributed by atoms with Gasteiger partial charge in [0.2, 0.25) is 0 Å². The summed E-state index contributed by atoms with van der Waals surface area (Å²) in [5, 5.41) is 2.95. The predicted octanol–water partition coefficient (Wildman–Crippen LogP) is 4.00. The minimum Gasteiger partial charge on any atom is -0.494 e. The molecule has 0 radical (unpaired) electrons. The molecule has 0 saturated heterocycles. The molecule has 0 aliphatic rings. The summed E-state index contributed by atoms with van der Waals surface area (Å²) in [7, 11) is 1.69. The number of halogens is 2. The van der Waals surface area contributed by atoms with E-state index < -0.39 is 17.7 Å². The van der Waals surface area contributed by atoms with Gasteiger partial charge in [-0.2, -0.15) is 0 Å². The molecule has 4 heteroatoms. The molecular formula is C17H19F2NO. The number of rotatable bonds is 6. The summed E-state index contributed by atoms with van der Waals surface area (Å²) >= 11 is 0. The van der Waals surface area contributed by atoms with Gasteiger partial charge in [0, 0.05) is 18.0 Å². The van der Waals surface area contributed by atoms with Crippen LogP contribution < -0.4 is 10.1 Å². The zero-order valence-corrected chi connectivity index (χ0v) is 12.2. The van der Waals surface area contributed by atoms with Crippen molar-refractivity contribution in [2.24, 2.45) is 0 Å². The third kappa shape index (κ3) is 3.79. The molecule has 2 aromatic carbocycles. The molecule has 0 heterocycles. The standard InChI is InChI=1S/C17H19F2NO/c1-12-8-9-14(18)16(17(12)19)15(20-2)10-11-21-13-6-4-3-5-7-13/h3-9,15,20H,10-11H2,1-2H3. The summed E-state index contributed by atoms with van der Waals surface area (Å²) in [6, 6.07) is 11.7. The first-order valence-electron chi connectivity index (χ1n) is 6.93. The van der Waals surface area contributed by atoms with Gasteiger partial charge in [0.15, 0.2) is 0 Å². The maximum Gasteiger partial charge on any atom is 0.133 e. The predicted molar refractivity (Wildman–Crippen MR) is 79.4 cm³/mol. The molecule has 1 atom stereocenters. The van der Waals surface area contributed by atoms with Crippen LogP contribution in [0.15, 0.2) is 42.5 Å². The van der Waals surface area contributed by atoms with Crippen molar-refractivity contribution in [3.05, 3.63) is 65.2 Å². The zero-order valence-electron chi connectivity index (χ0n) is 12.2. The number of para-hydroxylation sites is 1. The van der Waals surface area contributed by atoms with Crippen LogP contribution in [0.3, 0.4) is 0 Å². The molecule has 0 amide bonds. The molecule has 2 aromatic rings. The van der Waals surface area contributed by atoms with Gasteiger partial charge in [-0.05, 0) is 37.7 Å². The van der Waals surface area contributed by atoms with Gasteiger partial charge in [0.1, 0.15) is 17.4 Å². The highest BCUT2D eigenvalue weighted by Gasteiger charge is 2.20. The average molecular weight is 291 g/mol. The lowest BCUT2D eigenvalue weighted by atomic mass is 10.0. The lowest BCUT2D eigenvalue weighted by molar-refractivity contribution is 0.286. The van der Waals surface area contributed by atoms with Gasteiger partial charge < -0.3 is 10.1 Å². The molecular weight excluding hydrogens is 272 g/mol. The maximum absolute atomic E-state index is 14.1. The van der Waals surface area contributed by atoms with Crippen LogP contribution in [0.4, 0.5) is 8.78 Å². The Labute approximate surface area is 123 Å². The second-order valence-corrected chi connectivity index (χ2v) is 4.88. The summed E-state index contributed by atoms with van der Waals surface area (Å²) < 4.78 is 33.6. The van der Waals surface area contributed by atoms with Crippen LogP contribution in [0, 0.1) is 18.6 Å². The minimum absolute atomic E-state index is 0.0779. The third-order valence-corrected chi connectivity index (χ3v) is 3.44. The van der Waals surface area contributed by atoms with Crippen molar-refractivity contribution in [3.8, 4) is 5.75 Å². The van der Waals surface area contributed by atoms with Gasteiger partial charge >= 0.3 is 0 Å². The van der Waals surface area contributed by atoms with Gasteiger partial charge in [-0.25, -0.2) is 8.78 Å². The smallest absolute Gasteiger partial charge is 0.133 e. The molecule has 1 N–H and O–H groups in total. The van der Waals surface area contributed by atoms with E-state index in [9.17, 15) is 8.78 Å². The van der Waals surface area contributed by atoms with Crippen LogP contribution in [0.2, 0.25) is 0 Å². The van der Waals surface area contributed by atoms with Crippen molar-refractivity contribution in [2.75, 3.05) is 13.7 Å². The van der Waals surface area contributed by atoms with Crippen molar-refractivity contribution in [2.45, 2.75) is 19.4 Å². The largest absolute Gasteiger partial charge is 0.494 e. The van der Waals surface area contributed by atoms with Crippen molar-refractivity contribution < 1.29 is 13.5 Å². The summed E-state index contributed by atoms with van der Waals surface area (Å²) in [6.07, 6.45) is 0.475. The third-order valence-electron chi connectivity index (χ3n) is 3.44. The van der Waals surface area contributed by atoms with Crippen LogP contribution in [-0.2, 0) is 0 Å². The van der Waals surface area contributed by atoms with Crippen molar-refractivity contribution >= 4 is 0 Å². The van der Waals surface area contributed by atoms with Gasteiger partial charge in [-0.15, -0.1) is 0 Å². The molecule has 0 saturated carbocycles. The molecule has 0 fully saturated rings. The fourth-order valence-electron chi connectivity index (χ4n) is 2.24. The summed E-state index contributed by atoms with van der Waals surface area (Å²) in [5.41, 5.74) is 0.518. The number of benzene rings is 2. The van der Waals surface area contributed by atoms with Crippen molar-refractivity contribution in [1.29, 1.82) is 0 Å².